The lowest BCUT2D eigenvalue weighted by molar-refractivity contribution is -0.157. The minimum atomic E-state index is -0.655. The molecule has 0 atom stereocenters. The normalized spacial score (nSPS) is 30.8. The summed E-state index contributed by atoms with van der Waals surface area (Å²) in [6, 6.07) is 5.21. The van der Waals surface area contributed by atoms with Crippen molar-refractivity contribution in [2.75, 3.05) is 13.2 Å². The van der Waals surface area contributed by atoms with Crippen LogP contribution in [0.15, 0.2) is 24.3 Å². The van der Waals surface area contributed by atoms with Crippen LogP contribution in [0, 0.1) is 29.0 Å². The second-order valence-corrected chi connectivity index (χ2v) is 8.47. The maximum Gasteiger partial charge on any atom is 0.325 e. The van der Waals surface area contributed by atoms with Gasteiger partial charge in [-0.2, -0.15) is 0 Å². The summed E-state index contributed by atoms with van der Waals surface area (Å²) in [6.07, 6.45) is 6.55. The molecular formula is C21H24FNO4. The predicted octanol–water partition coefficient (Wildman–Crippen LogP) is 2.88. The van der Waals surface area contributed by atoms with Crippen LogP contribution in [-0.4, -0.2) is 30.8 Å². The van der Waals surface area contributed by atoms with Gasteiger partial charge in [0.15, 0.2) is 12.4 Å². The molecule has 4 saturated carbocycles. The summed E-state index contributed by atoms with van der Waals surface area (Å²) >= 11 is 0. The summed E-state index contributed by atoms with van der Waals surface area (Å²) in [5, 5.41) is 2.39. The SMILES string of the molecule is O=C(CNC(=O)c1cccc(F)c1)OCC(=O)C12CC3CC(CC(C3)C1)C2. The first kappa shape index (κ1) is 18.1. The molecule has 144 valence electrons. The van der Waals surface area contributed by atoms with E-state index in [2.05, 4.69) is 5.32 Å². The molecule has 0 unspecified atom stereocenters. The van der Waals surface area contributed by atoms with Crippen molar-refractivity contribution in [2.45, 2.75) is 38.5 Å². The Hall–Kier alpha value is -2.24. The van der Waals surface area contributed by atoms with Crippen LogP contribution in [0.3, 0.4) is 0 Å². The molecule has 4 bridgehead atoms. The molecule has 5 nitrogen and oxygen atoms in total. The Morgan fingerprint density at radius 3 is 2.30 bits per heavy atom. The van der Waals surface area contributed by atoms with Gasteiger partial charge in [-0.25, -0.2) is 4.39 Å². The molecule has 0 aliphatic heterocycles. The van der Waals surface area contributed by atoms with Gasteiger partial charge in [0.1, 0.15) is 12.4 Å². The van der Waals surface area contributed by atoms with Crippen LogP contribution in [0.25, 0.3) is 0 Å². The zero-order valence-corrected chi connectivity index (χ0v) is 15.2. The minimum absolute atomic E-state index is 0.0337. The third-order valence-corrected chi connectivity index (χ3v) is 6.47. The fourth-order valence-corrected chi connectivity index (χ4v) is 5.69. The van der Waals surface area contributed by atoms with Gasteiger partial charge < -0.3 is 10.1 Å². The van der Waals surface area contributed by atoms with E-state index in [0.29, 0.717) is 17.8 Å². The molecule has 0 spiro atoms. The maximum atomic E-state index is 13.1. The van der Waals surface area contributed by atoms with E-state index in [0.717, 1.165) is 25.3 Å². The Labute approximate surface area is 157 Å². The fourth-order valence-electron chi connectivity index (χ4n) is 5.69. The lowest BCUT2D eigenvalue weighted by Crippen LogP contribution is -2.51. The Balaban J connectivity index is 1.26. The third-order valence-electron chi connectivity index (χ3n) is 6.47. The van der Waals surface area contributed by atoms with Gasteiger partial charge in [0.05, 0.1) is 0 Å². The number of halogens is 1. The largest absolute Gasteiger partial charge is 0.456 e. The molecule has 4 aliphatic rings. The number of carbonyl (C=O) groups excluding carboxylic acids is 3. The molecule has 1 N–H and O–H groups in total. The first-order valence-electron chi connectivity index (χ1n) is 9.66. The van der Waals surface area contributed by atoms with E-state index in [4.69, 9.17) is 4.74 Å². The van der Waals surface area contributed by atoms with E-state index < -0.39 is 17.7 Å². The van der Waals surface area contributed by atoms with Crippen LogP contribution >= 0.6 is 0 Å². The summed E-state index contributed by atoms with van der Waals surface area (Å²) < 4.78 is 18.3. The van der Waals surface area contributed by atoms with Crippen LogP contribution < -0.4 is 5.32 Å². The van der Waals surface area contributed by atoms with E-state index in [1.54, 1.807) is 0 Å². The number of amides is 1. The van der Waals surface area contributed by atoms with Gasteiger partial charge in [-0.1, -0.05) is 6.07 Å². The molecule has 1 aromatic rings. The fraction of sp³-hybridized carbons (Fsp3) is 0.571. The van der Waals surface area contributed by atoms with Gasteiger partial charge >= 0.3 is 5.97 Å². The highest BCUT2D eigenvalue weighted by Gasteiger charge is 2.54. The number of hydrogen-bond donors (Lipinski definition) is 1. The molecule has 6 heteroatoms. The Bertz CT molecular complexity index is 740. The quantitative estimate of drug-likeness (QED) is 0.779. The second-order valence-electron chi connectivity index (χ2n) is 8.47. The van der Waals surface area contributed by atoms with E-state index >= 15 is 0 Å². The second kappa shape index (κ2) is 7.06. The maximum absolute atomic E-state index is 13.1. The Kier molecular flexibility index (Phi) is 4.74. The van der Waals surface area contributed by atoms with Crippen molar-refractivity contribution in [2.24, 2.45) is 23.2 Å². The minimum Gasteiger partial charge on any atom is -0.456 e. The van der Waals surface area contributed by atoms with Gasteiger partial charge in [-0.15, -0.1) is 0 Å². The van der Waals surface area contributed by atoms with Crippen LogP contribution in [0.4, 0.5) is 4.39 Å². The Morgan fingerprint density at radius 1 is 1.07 bits per heavy atom. The van der Waals surface area contributed by atoms with Crippen molar-refractivity contribution in [3.63, 3.8) is 0 Å². The number of esters is 1. The number of hydrogen-bond acceptors (Lipinski definition) is 4. The van der Waals surface area contributed by atoms with Crippen LogP contribution in [0.1, 0.15) is 48.9 Å². The van der Waals surface area contributed by atoms with Crippen molar-refractivity contribution < 1.29 is 23.5 Å². The number of benzene rings is 1. The van der Waals surface area contributed by atoms with Crippen molar-refractivity contribution in [3.8, 4) is 0 Å². The van der Waals surface area contributed by atoms with Crippen LogP contribution in [-0.2, 0) is 14.3 Å². The van der Waals surface area contributed by atoms with Crippen molar-refractivity contribution in [1.29, 1.82) is 0 Å². The zero-order chi connectivity index (χ0) is 19.0. The molecular weight excluding hydrogens is 349 g/mol. The van der Waals surface area contributed by atoms with E-state index in [1.165, 1.54) is 37.5 Å². The van der Waals surface area contributed by atoms with Gasteiger partial charge in [-0.05, 0) is 74.5 Å². The smallest absolute Gasteiger partial charge is 0.325 e. The molecule has 5 rings (SSSR count). The van der Waals surface area contributed by atoms with Crippen molar-refractivity contribution in [3.05, 3.63) is 35.6 Å². The molecule has 4 aliphatic carbocycles. The number of nitrogens with one attached hydrogen (secondary N) is 1. The lowest BCUT2D eigenvalue weighted by Gasteiger charge is -2.55. The summed E-state index contributed by atoms with van der Waals surface area (Å²) in [6.45, 7) is -0.565. The van der Waals surface area contributed by atoms with Gasteiger partial charge in [-0.3, -0.25) is 14.4 Å². The van der Waals surface area contributed by atoms with Gasteiger partial charge in [0.25, 0.3) is 5.91 Å². The van der Waals surface area contributed by atoms with E-state index in [1.807, 2.05) is 0 Å². The first-order valence-corrected chi connectivity index (χ1v) is 9.66. The van der Waals surface area contributed by atoms with E-state index in [9.17, 15) is 18.8 Å². The summed E-state index contributed by atoms with van der Waals surface area (Å²) in [5.41, 5.74) is -0.160. The number of Topliss-reactive ketones (excluding diaryl/α,β-unsaturated/α-hetero) is 1. The highest BCUT2D eigenvalue weighted by molar-refractivity contribution is 5.96. The average Bonchev–Trinajstić information content (AvgIpc) is 2.63. The number of rotatable bonds is 6. The topological polar surface area (TPSA) is 72.5 Å². The Morgan fingerprint density at radius 2 is 1.70 bits per heavy atom. The number of ether oxygens (including phenoxy) is 1. The van der Waals surface area contributed by atoms with Crippen LogP contribution in [0.2, 0.25) is 0 Å². The third kappa shape index (κ3) is 3.75. The molecule has 1 aromatic carbocycles. The molecule has 1 amide bonds. The molecule has 0 aromatic heterocycles. The first-order chi connectivity index (χ1) is 12.9. The summed E-state index contributed by atoms with van der Waals surface area (Å²) in [5.74, 6) is 0.263. The van der Waals surface area contributed by atoms with Crippen LogP contribution in [0.5, 0.6) is 0 Å². The monoisotopic (exact) mass is 373 g/mol. The molecule has 0 radical (unpaired) electrons. The average molecular weight is 373 g/mol. The van der Waals surface area contributed by atoms with E-state index in [-0.39, 0.29) is 29.9 Å². The van der Waals surface area contributed by atoms with Gasteiger partial charge in [0.2, 0.25) is 0 Å². The highest BCUT2D eigenvalue weighted by Crippen LogP contribution is 2.60. The lowest BCUT2D eigenvalue weighted by atomic mass is 9.48. The summed E-state index contributed by atoms with van der Waals surface area (Å²) in [4.78, 5) is 36.6. The predicted molar refractivity (Wildman–Crippen MR) is 95.3 cm³/mol. The molecule has 27 heavy (non-hydrogen) atoms. The van der Waals surface area contributed by atoms with Crippen molar-refractivity contribution >= 4 is 17.7 Å². The molecule has 0 heterocycles. The standard InChI is InChI=1S/C21H24FNO4/c22-17-3-1-2-16(7-17)20(26)23-11-19(25)27-12-18(24)21-8-13-4-14(9-21)6-15(5-13)10-21/h1-3,7,13-15H,4-6,8-12H2,(H,23,26). The summed E-state index contributed by atoms with van der Waals surface area (Å²) in [7, 11) is 0. The molecule has 0 saturated heterocycles. The highest BCUT2D eigenvalue weighted by atomic mass is 19.1. The number of carbonyl (C=O) groups is 3. The zero-order valence-electron chi connectivity index (χ0n) is 15.2. The molecule has 4 fully saturated rings. The van der Waals surface area contributed by atoms with Gasteiger partial charge in [0, 0.05) is 11.0 Å². The van der Waals surface area contributed by atoms with Crippen molar-refractivity contribution in [1.82, 2.24) is 5.32 Å². The number of ketones is 1.